The molecule has 0 radical (unpaired) electrons. The zero-order valence-corrected chi connectivity index (χ0v) is 13.1. The van der Waals surface area contributed by atoms with Crippen LogP contribution in [0.15, 0.2) is 42.5 Å². The SMILES string of the molecule is CN(C(=O)c1ccc(-c2ccc(F)cc2F)cc1)C1CCCC1. The number of rotatable bonds is 3. The predicted octanol–water partition coefficient (Wildman–Crippen LogP) is 4.65. The second-order valence-corrected chi connectivity index (χ2v) is 6.06. The van der Waals surface area contributed by atoms with Crippen molar-refractivity contribution in [2.75, 3.05) is 7.05 Å². The van der Waals surface area contributed by atoms with Crippen molar-refractivity contribution in [2.24, 2.45) is 0 Å². The molecule has 1 amide bonds. The van der Waals surface area contributed by atoms with Crippen LogP contribution < -0.4 is 0 Å². The summed E-state index contributed by atoms with van der Waals surface area (Å²) in [5.41, 5.74) is 1.54. The minimum atomic E-state index is -0.604. The summed E-state index contributed by atoms with van der Waals surface area (Å²) in [7, 11) is 1.84. The van der Waals surface area contributed by atoms with E-state index in [-0.39, 0.29) is 5.91 Å². The lowest BCUT2D eigenvalue weighted by atomic mass is 10.0. The van der Waals surface area contributed by atoms with E-state index in [2.05, 4.69) is 0 Å². The predicted molar refractivity (Wildman–Crippen MR) is 86.1 cm³/mol. The third-order valence-corrected chi connectivity index (χ3v) is 4.57. The van der Waals surface area contributed by atoms with Crippen molar-refractivity contribution in [3.05, 3.63) is 59.7 Å². The zero-order valence-electron chi connectivity index (χ0n) is 13.1. The zero-order chi connectivity index (χ0) is 16.4. The fourth-order valence-electron chi connectivity index (χ4n) is 3.18. The highest BCUT2D eigenvalue weighted by Gasteiger charge is 2.24. The van der Waals surface area contributed by atoms with Gasteiger partial charge in [-0.3, -0.25) is 4.79 Å². The molecule has 1 saturated carbocycles. The van der Waals surface area contributed by atoms with E-state index in [9.17, 15) is 13.6 Å². The minimum Gasteiger partial charge on any atom is -0.339 e. The third-order valence-electron chi connectivity index (χ3n) is 4.57. The number of amides is 1. The van der Waals surface area contributed by atoms with Crippen LogP contribution in [0.4, 0.5) is 8.78 Å². The molecule has 4 heteroatoms. The van der Waals surface area contributed by atoms with Crippen molar-refractivity contribution in [3.8, 4) is 11.1 Å². The Balaban J connectivity index is 1.80. The molecule has 0 heterocycles. The smallest absolute Gasteiger partial charge is 0.253 e. The molecule has 120 valence electrons. The average molecular weight is 315 g/mol. The molecule has 3 rings (SSSR count). The van der Waals surface area contributed by atoms with Gasteiger partial charge >= 0.3 is 0 Å². The summed E-state index contributed by atoms with van der Waals surface area (Å²) in [5.74, 6) is -1.22. The van der Waals surface area contributed by atoms with Crippen LogP contribution in [-0.2, 0) is 0 Å². The Morgan fingerprint density at radius 1 is 1.04 bits per heavy atom. The van der Waals surface area contributed by atoms with Crippen molar-refractivity contribution in [1.82, 2.24) is 4.90 Å². The lowest BCUT2D eigenvalue weighted by Gasteiger charge is -2.24. The molecule has 0 saturated heterocycles. The molecule has 2 aromatic rings. The van der Waals surface area contributed by atoms with Gasteiger partial charge in [-0.1, -0.05) is 25.0 Å². The summed E-state index contributed by atoms with van der Waals surface area (Å²) in [4.78, 5) is 14.3. The molecule has 0 atom stereocenters. The molecule has 0 bridgehead atoms. The highest BCUT2D eigenvalue weighted by Crippen LogP contribution is 2.26. The van der Waals surface area contributed by atoms with Gasteiger partial charge in [0.25, 0.3) is 5.91 Å². The molecule has 1 fully saturated rings. The van der Waals surface area contributed by atoms with Gasteiger partial charge in [-0.15, -0.1) is 0 Å². The molecule has 0 spiro atoms. The van der Waals surface area contributed by atoms with Gasteiger partial charge in [-0.05, 0) is 42.7 Å². The molecule has 23 heavy (non-hydrogen) atoms. The number of nitrogens with zero attached hydrogens (tertiary/aromatic N) is 1. The quantitative estimate of drug-likeness (QED) is 0.807. The van der Waals surface area contributed by atoms with Gasteiger partial charge in [-0.25, -0.2) is 8.78 Å². The Labute approximate surface area is 134 Å². The van der Waals surface area contributed by atoms with Crippen LogP contribution in [0.3, 0.4) is 0 Å². The van der Waals surface area contributed by atoms with E-state index in [0.29, 0.717) is 22.7 Å². The Hall–Kier alpha value is -2.23. The van der Waals surface area contributed by atoms with E-state index in [4.69, 9.17) is 0 Å². The fourth-order valence-corrected chi connectivity index (χ4v) is 3.18. The summed E-state index contributed by atoms with van der Waals surface area (Å²) >= 11 is 0. The van der Waals surface area contributed by atoms with Crippen LogP contribution in [0.1, 0.15) is 36.0 Å². The maximum atomic E-state index is 13.8. The normalized spacial score (nSPS) is 14.9. The second kappa shape index (κ2) is 6.49. The van der Waals surface area contributed by atoms with Crippen molar-refractivity contribution in [3.63, 3.8) is 0 Å². The summed E-state index contributed by atoms with van der Waals surface area (Å²) < 4.78 is 26.8. The molecular weight excluding hydrogens is 296 g/mol. The Morgan fingerprint density at radius 3 is 2.30 bits per heavy atom. The standard InChI is InChI=1S/C19H19F2NO/c1-22(16-4-2-3-5-16)19(23)14-8-6-13(7-9-14)17-11-10-15(20)12-18(17)21/h6-12,16H,2-5H2,1H3. The summed E-state index contributed by atoms with van der Waals surface area (Å²) in [5, 5.41) is 0. The monoisotopic (exact) mass is 315 g/mol. The minimum absolute atomic E-state index is 0.0111. The first-order valence-corrected chi connectivity index (χ1v) is 7.89. The van der Waals surface area contributed by atoms with Gasteiger partial charge in [0, 0.05) is 30.3 Å². The van der Waals surface area contributed by atoms with Crippen LogP contribution in [0.5, 0.6) is 0 Å². The van der Waals surface area contributed by atoms with Crippen LogP contribution in [-0.4, -0.2) is 23.9 Å². The molecule has 0 aromatic heterocycles. The van der Waals surface area contributed by atoms with Crippen LogP contribution >= 0.6 is 0 Å². The number of carbonyl (C=O) groups excluding carboxylic acids is 1. The van der Waals surface area contributed by atoms with E-state index in [1.54, 1.807) is 29.2 Å². The van der Waals surface area contributed by atoms with Crippen molar-refractivity contribution in [2.45, 2.75) is 31.7 Å². The van der Waals surface area contributed by atoms with Gasteiger partial charge in [0.15, 0.2) is 0 Å². The largest absolute Gasteiger partial charge is 0.339 e. The Bertz CT molecular complexity index is 706. The molecule has 0 aliphatic heterocycles. The van der Waals surface area contributed by atoms with E-state index in [1.165, 1.54) is 25.0 Å². The van der Waals surface area contributed by atoms with Crippen LogP contribution in [0.2, 0.25) is 0 Å². The van der Waals surface area contributed by atoms with Gasteiger partial charge in [-0.2, -0.15) is 0 Å². The molecule has 0 unspecified atom stereocenters. The van der Waals surface area contributed by atoms with E-state index < -0.39 is 11.6 Å². The maximum absolute atomic E-state index is 13.8. The first-order valence-electron chi connectivity index (χ1n) is 7.89. The number of benzene rings is 2. The van der Waals surface area contributed by atoms with Crippen molar-refractivity contribution >= 4 is 5.91 Å². The maximum Gasteiger partial charge on any atom is 0.253 e. The van der Waals surface area contributed by atoms with Crippen molar-refractivity contribution < 1.29 is 13.6 Å². The molecule has 1 aliphatic carbocycles. The molecule has 2 nitrogen and oxygen atoms in total. The lowest BCUT2D eigenvalue weighted by Crippen LogP contribution is -2.35. The lowest BCUT2D eigenvalue weighted by molar-refractivity contribution is 0.0735. The van der Waals surface area contributed by atoms with E-state index in [1.807, 2.05) is 7.05 Å². The van der Waals surface area contributed by atoms with E-state index in [0.717, 1.165) is 18.9 Å². The Kier molecular flexibility index (Phi) is 4.42. The van der Waals surface area contributed by atoms with E-state index >= 15 is 0 Å². The highest BCUT2D eigenvalue weighted by molar-refractivity contribution is 5.94. The summed E-state index contributed by atoms with van der Waals surface area (Å²) in [6.45, 7) is 0. The van der Waals surface area contributed by atoms with Crippen LogP contribution in [0, 0.1) is 11.6 Å². The first-order chi connectivity index (χ1) is 11.1. The first kappa shape index (κ1) is 15.7. The number of halogens is 2. The van der Waals surface area contributed by atoms with Gasteiger partial charge in [0.1, 0.15) is 11.6 Å². The summed E-state index contributed by atoms with van der Waals surface area (Å²) in [6.07, 6.45) is 4.46. The number of carbonyl (C=O) groups is 1. The van der Waals surface area contributed by atoms with Gasteiger partial charge in [0.2, 0.25) is 0 Å². The topological polar surface area (TPSA) is 20.3 Å². The highest BCUT2D eigenvalue weighted by atomic mass is 19.1. The summed E-state index contributed by atoms with van der Waals surface area (Å²) in [6, 6.07) is 10.6. The van der Waals surface area contributed by atoms with Gasteiger partial charge in [0.05, 0.1) is 0 Å². The number of hydrogen-bond donors (Lipinski definition) is 0. The molecular formula is C19H19F2NO. The average Bonchev–Trinajstić information content (AvgIpc) is 3.08. The molecule has 2 aromatic carbocycles. The third kappa shape index (κ3) is 3.26. The molecule has 0 N–H and O–H groups in total. The molecule has 1 aliphatic rings. The fraction of sp³-hybridized carbons (Fsp3) is 0.316. The van der Waals surface area contributed by atoms with Crippen molar-refractivity contribution in [1.29, 1.82) is 0 Å². The Morgan fingerprint density at radius 2 is 1.70 bits per heavy atom. The second-order valence-electron chi connectivity index (χ2n) is 6.06. The number of hydrogen-bond acceptors (Lipinski definition) is 1. The van der Waals surface area contributed by atoms with Gasteiger partial charge < -0.3 is 4.90 Å². The van der Waals surface area contributed by atoms with Crippen LogP contribution in [0.25, 0.3) is 11.1 Å².